The van der Waals surface area contributed by atoms with Crippen LogP contribution in [-0.2, 0) is 6.50 Å². The lowest BCUT2D eigenvalue weighted by Gasteiger charge is -2.05. The van der Waals surface area contributed by atoms with E-state index in [1.165, 1.54) is 16.4 Å². The van der Waals surface area contributed by atoms with Gasteiger partial charge in [0.1, 0.15) is 0 Å². The zero-order valence-corrected chi connectivity index (χ0v) is 11.8. The molecule has 0 radical (unpaired) electrons. The van der Waals surface area contributed by atoms with Crippen molar-refractivity contribution in [2.45, 2.75) is 11.7 Å². The molecule has 3 rings (SSSR count). The van der Waals surface area contributed by atoms with E-state index in [-0.39, 0.29) is 0 Å². The lowest BCUT2D eigenvalue weighted by atomic mass is 10.2. The SMILES string of the molecule is [2H]C([2H])(c1ccccc1)n1nc(SC)nc1-c1ccccc1. The molecule has 0 bridgehead atoms. The summed E-state index contributed by atoms with van der Waals surface area (Å²) in [4.78, 5) is 4.47. The van der Waals surface area contributed by atoms with E-state index in [9.17, 15) is 0 Å². The minimum absolute atomic E-state index is 0.527. The third-order valence-corrected chi connectivity index (χ3v) is 3.35. The second kappa shape index (κ2) is 5.92. The van der Waals surface area contributed by atoms with Crippen molar-refractivity contribution in [1.82, 2.24) is 14.8 Å². The van der Waals surface area contributed by atoms with E-state index in [2.05, 4.69) is 10.1 Å². The monoisotopic (exact) mass is 283 g/mol. The molecule has 1 aromatic heterocycles. The van der Waals surface area contributed by atoms with Gasteiger partial charge < -0.3 is 0 Å². The first-order valence-electron chi connectivity index (χ1n) is 7.25. The fourth-order valence-corrected chi connectivity index (χ4v) is 2.21. The maximum absolute atomic E-state index is 8.50. The van der Waals surface area contributed by atoms with E-state index in [1.807, 2.05) is 54.8 Å². The average Bonchev–Trinajstić information content (AvgIpc) is 3.02. The van der Waals surface area contributed by atoms with Crippen LogP contribution in [0.1, 0.15) is 8.30 Å². The van der Waals surface area contributed by atoms with Gasteiger partial charge in [0.05, 0.1) is 9.24 Å². The molecule has 100 valence electrons. The van der Waals surface area contributed by atoms with Gasteiger partial charge in [-0.15, -0.1) is 5.10 Å². The Morgan fingerprint density at radius 1 is 1.05 bits per heavy atom. The molecule has 20 heavy (non-hydrogen) atoms. The van der Waals surface area contributed by atoms with Crippen molar-refractivity contribution in [1.29, 1.82) is 0 Å². The summed E-state index contributed by atoms with van der Waals surface area (Å²) in [6.07, 6.45) is 1.88. The number of rotatable bonds is 4. The highest BCUT2D eigenvalue weighted by Gasteiger charge is 2.11. The van der Waals surface area contributed by atoms with E-state index in [0.717, 1.165) is 5.56 Å². The second-order valence-corrected chi connectivity index (χ2v) is 4.95. The molecular formula is C16H15N3S. The summed E-state index contributed by atoms with van der Waals surface area (Å²) in [5.41, 5.74) is 1.39. The molecule has 0 saturated heterocycles. The van der Waals surface area contributed by atoms with Crippen LogP contribution in [0.5, 0.6) is 0 Å². The fraction of sp³-hybridized carbons (Fsp3) is 0.125. The van der Waals surface area contributed by atoms with Gasteiger partial charge in [-0.25, -0.2) is 9.67 Å². The van der Waals surface area contributed by atoms with Crippen LogP contribution in [0.3, 0.4) is 0 Å². The smallest absolute Gasteiger partial charge is 0.208 e. The third-order valence-electron chi connectivity index (χ3n) is 2.81. The average molecular weight is 283 g/mol. The predicted molar refractivity (Wildman–Crippen MR) is 82.8 cm³/mol. The van der Waals surface area contributed by atoms with Gasteiger partial charge in [-0.3, -0.25) is 0 Å². The van der Waals surface area contributed by atoms with Crippen LogP contribution >= 0.6 is 11.8 Å². The zero-order valence-electron chi connectivity index (χ0n) is 13.0. The summed E-state index contributed by atoms with van der Waals surface area (Å²) < 4.78 is 18.4. The number of aromatic nitrogens is 3. The molecule has 3 nitrogen and oxygen atoms in total. The van der Waals surface area contributed by atoms with Crippen LogP contribution in [0.25, 0.3) is 11.4 Å². The number of nitrogens with zero attached hydrogens (tertiary/aromatic N) is 3. The van der Waals surface area contributed by atoms with E-state index >= 15 is 0 Å². The van der Waals surface area contributed by atoms with Crippen LogP contribution in [0.4, 0.5) is 0 Å². The van der Waals surface area contributed by atoms with Crippen LogP contribution in [0.15, 0.2) is 65.8 Å². The quantitative estimate of drug-likeness (QED) is 0.684. The fourth-order valence-electron chi connectivity index (χ4n) is 1.87. The number of thioether (sulfide) groups is 1. The molecule has 0 unspecified atom stereocenters. The first-order chi connectivity index (χ1) is 10.6. The summed E-state index contributed by atoms with van der Waals surface area (Å²) in [5.74, 6) is 0.527. The van der Waals surface area contributed by atoms with Gasteiger partial charge in [-0.05, 0) is 11.8 Å². The lowest BCUT2D eigenvalue weighted by molar-refractivity contribution is 0.673. The van der Waals surface area contributed by atoms with Gasteiger partial charge in [0.2, 0.25) is 5.16 Å². The first kappa shape index (κ1) is 10.7. The van der Waals surface area contributed by atoms with Crippen LogP contribution in [0.2, 0.25) is 0 Å². The molecule has 4 heteroatoms. The Kier molecular flexibility index (Phi) is 3.17. The highest BCUT2D eigenvalue weighted by Crippen LogP contribution is 2.21. The van der Waals surface area contributed by atoms with E-state index < -0.39 is 6.50 Å². The van der Waals surface area contributed by atoms with Crippen molar-refractivity contribution >= 4 is 11.8 Å². The molecule has 0 saturated carbocycles. The molecule has 0 fully saturated rings. The summed E-state index contributed by atoms with van der Waals surface area (Å²) in [6, 6.07) is 18.6. The Labute approximate surface area is 125 Å². The van der Waals surface area contributed by atoms with Crippen LogP contribution in [-0.4, -0.2) is 21.0 Å². The Bertz CT molecular complexity index is 758. The highest BCUT2D eigenvalue weighted by molar-refractivity contribution is 7.98. The standard InChI is InChI=1S/C16H15N3S/c1-20-16-17-15(14-10-6-3-7-11-14)19(18-16)12-13-8-4-2-5-9-13/h2-11H,12H2,1H3/i12D2. The largest absolute Gasteiger partial charge is 0.240 e. The maximum atomic E-state index is 8.50. The normalized spacial score (nSPS) is 12.8. The molecule has 2 aromatic carbocycles. The number of benzene rings is 2. The molecule has 0 N–H and O–H groups in total. The minimum Gasteiger partial charge on any atom is -0.240 e. The van der Waals surface area contributed by atoms with Gasteiger partial charge in [0.25, 0.3) is 0 Å². The van der Waals surface area contributed by atoms with Gasteiger partial charge in [-0.1, -0.05) is 72.4 Å². The molecule has 0 spiro atoms. The summed E-state index contributed by atoms with van der Waals surface area (Å²) in [5, 5.41) is 4.90. The van der Waals surface area contributed by atoms with Crippen molar-refractivity contribution in [3.63, 3.8) is 0 Å². The third kappa shape index (κ3) is 2.75. The van der Waals surface area contributed by atoms with Crippen molar-refractivity contribution in [3.8, 4) is 11.4 Å². The van der Waals surface area contributed by atoms with E-state index in [4.69, 9.17) is 2.74 Å². The van der Waals surface area contributed by atoms with E-state index in [0.29, 0.717) is 16.5 Å². The van der Waals surface area contributed by atoms with E-state index in [1.54, 1.807) is 12.1 Å². The Morgan fingerprint density at radius 3 is 2.35 bits per heavy atom. The molecule has 0 aliphatic rings. The molecule has 0 aliphatic carbocycles. The highest BCUT2D eigenvalue weighted by atomic mass is 32.2. The summed E-state index contributed by atoms with van der Waals surface area (Å²) >= 11 is 1.40. The molecule has 0 amide bonds. The number of hydrogen-bond donors (Lipinski definition) is 0. The predicted octanol–water partition coefficient (Wildman–Crippen LogP) is 3.72. The van der Waals surface area contributed by atoms with Crippen LogP contribution in [0, 0.1) is 0 Å². The molecule has 1 heterocycles. The molecule has 3 aromatic rings. The number of hydrogen-bond acceptors (Lipinski definition) is 3. The lowest BCUT2D eigenvalue weighted by Crippen LogP contribution is -2.04. The molecule has 0 aliphatic heterocycles. The molecule has 0 atom stereocenters. The van der Waals surface area contributed by atoms with Crippen molar-refractivity contribution in [2.75, 3.05) is 6.26 Å². The van der Waals surface area contributed by atoms with Crippen molar-refractivity contribution < 1.29 is 2.74 Å². The van der Waals surface area contributed by atoms with Gasteiger partial charge >= 0.3 is 0 Å². The zero-order chi connectivity index (χ0) is 15.6. The Hall–Kier alpha value is -2.07. The minimum atomic E-state index is -1.77. The summed E-state index contributed by atoms with van der Waals surface area (Å²) in [6.45, 7) is -1.77. The maximum Gasteiger partial charge on any atom is 0.208 e. The van der Waals surface area contributed by atoms with Gasteiger partial charge in [0, 0.05) is 5.56 Å². The first-order valence-corrected chi connectivity index (χ1v) is 7.48. The van der Waals surface area contributed by atoms with Gasteiger partial charge in [0.15, 0.2) is 5.82 Å². The summed E-state index contributed by atoms with van der Waals surface area (Å²) in [7, 11) is 0. The van der Waals surface area contributed by atoms with Gasteiger partial charge in [-0.2, -0.15) is 0 Å². The van der Waals surface area contributed by atoms with Crippen molar-refractivity contribution in [2.24, 2.45) is 0 Å². The van der Waals surface area contributed by atoms with Crippen LogP contribution < -0.4 is 0 Å². The Balaban J connectivity index is 2.16. The second-order valence-electron chi connectivity index (χ2n) is 4.18. The molecular weight excluding hydrogens is 266 g/mol. The topological polar surface area (TPSA) is 30.7 Å². The Morgan fingerprint density at radius 2 is 1.70 bits per heavy atom. The van der Waals surface area contributed by atoms with Crippen molar-refractivity contribution in [3.05, 3.63) is 66.2 Å².